The summed E-state index contributed by atoms with van der Waals surface area (Å²) in [6.45, 7) is 8.81. The lowest BCUT2D eigenvalue weighted by Gasteiger charge is -2.19. The van der Waals surface area contributed by atoms with Gasteiger partial charge in [0.1, 0.15) is 11.4 Å². The van der Waals surface area contributed by atoms with Crippen molar-refractivity contribution < 1.29 is 28.6 Å². The molecule has 0 spiro atoms. The third-order valence-electron chi connectivity index (χ3n) is 3.64. The summed E-state index contributed by atoms with van der Waals surface area (Å²) in [4.78, 5) is 35.8. The number of aryl methyl sites for hydroxylation is 1. The zero-order valence-corrected chi connectivity index (χ0v) is 18.4. The minimum absolute atomic E-state index is 0.0524. The van der Waals surface area contributed by atoms with Crippen LogP contribution in [0.5, 0.6) is 5.75 Å². The van der Waals surface area contributed by atoms with Crippen molar-refractivity contribution in [2.75, 3.05) is 19.0 Å². The number of ether oxygens (including phenoxy) is 3. The van der Waals surface area contributed by atoms with E-state index in [2.05, 4.69) is 10.6 Å². The van der Waals surface area contributed by atoms with Crippen molar-refractivity contribution in [3.05, 3.63) is 22.7 Å². The van der Waals surface area contributed by atoms with Gasteiger partial charge in [0.2, 0.25) is 0 Å². The minimum Gasteiger partial charge on any atom is -0.495 e. The second-order valence-electron chi connectivity index (χ2n) is 7.46. The van der Waals surface area contributed by atoms with Gasteiger partial charge in [-0.05, 0) is 52.7 Å². The Labute approximate surface area is 176 Å². The van der Waals surface area contributed by atoms with Gasteiger partial charge >= 0.3 is 12.1 Å². The maximum atomic E-state index is 12.3. The molecule has 0 aromatic heterocycles. The molecule has 1 rings (SSSR count). The Morgan fingerprint density at radius 1 is 1.21 bits per heavy atom. The standard InChI is InChI=1S/C20H29ClN2O6/c1-12-10-15(16(27-6)11-14(12)21)23-18(25)13(2)28-17(24)8-7-9-22-19(26)29-20(3,4)5/h10-11,13H,7-9H2,1-6H3,(H,22,26)(H,23,25)/t13-/m0/s1. The van der Waals surface area contributed by atoms with E-state index in [-0.39, 0.29) is 13.0 Å². The molecule has 0 saturated carbocycles. The number of nitrogens with one attached hydrogen (secondary N) is 2. The van der Waals surface area contributed by atoms with Gasteiger partial charge < -0.3 is 24.8 Å². The van der Waals surface area contributed by atoms with Gasteiger partial charge in [-0.3, -0.25) is 9.59 Å². The van der Waals surface area contributed by atoms with E-state index in [1.54, 1.807) is 39.8 Å². The van der Waals surface area contributed by atoms with Crippen molar-refractivity contribution in [3.63, 3.8) is 0 Å². The van der Waals surface area contributed by atoms with Crippen LogP contribution in [0.25, 0.3) is 0 Å². The number of hydrogen-bond donors (Lipinski definition) is 2. The molecule has 0 heterocycles. The van der Waals surface area contributed by atoms with E-state index in [0.717, 1.165) is 5.56 Å². The van der Waals surface area contributed by atoms with Crippen LogP contribution in [-0.2, 0) is 19.1 Å². The maximum absolute atomic E-state index is 12.3. The normalized spacial score (nSPS) is 12.0. The van der Waals surface area contributed by atoms with Gasteiger partial charge in [-0.25, -0.2) is 4.79 Å². The van der Waals surface area contributed by atoms with Crippen molar-refractivity contribution in [1.29, 1.82) is 0 Å². The highest BCUT2D eigenvalue weighted by Crippen LogP contribution is 2.31. The van der Waals surface area contributed by atoms with E-state index in [4.69, 9.17) is 25.8 Å². The molecule has 0 unspecified atom stereocenters. The highest BCUT2D eigenvalue weighted by Gasteiger charge is 2.20. The highest BCUT2D eigenvalue weighted by atomic mass is 35.5. The third kappa shape index (κ3) is 9.04. The number of halogens is 1. The fourth-order valence-corrected chi connectivity index (χ4v) is 2.36. The Balaban J connectivity index is 2.44. The van der Waals surface area contributed by atoms with Crippen molar-refractivity contribution in [1.82, 2.24) is 5.32 Å². The number of methoxy groups -OCH3 is 1. The Kier molecular flexibility index (Phi) is 9.23. The predicted octanol–water partition coefficient (Wildman–Crippen LogP) is 3.83. The van der Waals surface area contributed by atoms with Gasteiger partial charge in [0.25, 0.3) is 5.91 Å². The topological polar surface area (TPSA) is 103 Å². The molecule has 29 heavy (non-hydrogen) atoms. The fraction of sp³-hybridized carbons (Fsp3) is 0.550. The number of carbonyl (C=O) groups is 3. The van der Waals surface area contributed by atoms with Gasteiger partial charge in [-0.2, -0.15) is 0 Å². The van der Waals surface area contributed by atoms with E-state index in [1.807, 2.05) is 0 Å². The molecule has 1 aromatic carbocycles. The van der Waals surface area contributed by atoms with Crippen LogP contribution in [0.1, 0.15) is 46.1 Å². The average Bonchev–Trinajstić information content (AvgIpc) is 2.60. The summed E-state index contributed by atoms with van der Waals surface area (Å²) in [5.74, 6) is -0.635. The summed E-state index contributed by atoms with van der Waals surface area (Å²) in [5, 5.41) is 5.73. The van der Waals surface area contributed by atoms with Crippen molar-refractivity contribution in [2.45, 2.75) is 59.2 Å². The first-order valence-corrected chi connectivity index (χ1v) is 9.62. The number of carbonyl (C=O) groups excluding carboxylic acids is 3. The number of anilines is 1. The van der Waals surface area contributed by atoms with Crippen LogP contribution in [0.3, 0.4) is 0 Å². The van der Waals surface area contributed by atoms with Crippen molar-refractivity contribution >= 4 is 35.3 Å². The predicted molar refractivity (Wildman–Crippen MR) is 110 cm³/mol. The molecule has 9 heteroatoms. The maximum Gasteiger partial charge on any atom is 0.407 e. The van der Waals surface area contributed by atoms with Gasteiger partial charge in [0.15, 0.2) is 6.10 Å². The first-order chi connectivity index (χ1) is 13.4. The van der Waals surface area contributed by atoms with Crippen LogP contribution in [-0.4, -0.2) is 43.3 Å². The molecular formula is C20H29ClN2O6. The summed E-state index contributed by atoms with van der Waals surface area (Å²) in [7, 11) is 1.46. The zero-order valence-electron chi connectivity index (χ0n) is 17.7. The summed E-state index contributed by atoms with van der Waals surface area (Å²) in [6, 6.07) is 3.27. The van der Waals surface area contributed by atoms with Crippen LogP contribution >= 0.6 is 11.6 Å². The molecule has 2 N–H and O–H groups in total. The monoisotopic (exact) mass is 428 g/mol. The van der Waals surface area contributed by atoms with E-state index in [0.29, 0.717) is 22.9 Å². The molecule has 162 valence electrons. The molecule has 0 radical (unpaired) electrons. The Morgan fingerprint density at radius 2 is 1.86 bits per heavy atom. The molecule has 0 aliphatic rings. The lowest BCUT2D eigenvalue weighted by molar-refractivity contribution is -0.153. The Hall–Kier alpha value is -2.48. The molecule has 2 amide bonds. The first-order valence-electron chi connectivity index (χ1n) is 9.24. The third-order valence-corrected chi connectivity index (χ3v) is 4.05. The second kappa shape index (κ2) is 10.9. The molecular weight excluding hydrogens is 400 g/mol. The molecule has 0 aliphatic carbocycles. The van der Waals surface area contributed by atoms with Crippen LogP contribution in [0.4, 0.5) is 10.5 Å². The van der Waals surface area contributed by atoms with Crippen molar-refractivity contribution in [2.24, 2.45) is 0 Å². The molecule has 0 fully saturated rings. The van der Waals surface area contributed by atoms with E-state index in [9.17, 15) is 14.4 Å². The Morgan fingerprint density at radius 3 is 2.45 bits per heavy atom. The smallest absolute Gasteiger partial charge is 0.407 e. The molecule has 0 aliphatic heterocycles. The number of esters is 1. The quantitative estimate of drug-likeness (QED) is 0.481. The highest BCUT2D eigenvalue weighted by molar-refractivity contribution is 6.31. The van der Waals surface area contributed by atoms with E-state index >= 15 is 0 Å². The fourth-order valence-electron chi connectivity index (χ4n) is 2.21. The Bertz CT molecular complexity index is 745. The zero-order chi connectivity index (χ0) is 22.2. The largest absolute Gasteiger partial charge is 0.495 e. The summed E-state index contributed by atoms with van der Waals surface area (Å²) in [6.07, 6.45) is -1.14. The van der Waals surface area contributed by atoms with Crippen LogP contribution in [0.15, 0.2) is 12.1 Å². The summed E-state index contributed by atoms with van der Waals surface area (Å²) in [5.41, 5.74) is 0.616. The van der Waals surface area contributed by atoms with Crippen LogP contribution < -0.4 is 15.4 Å². The first kappa shape index (κ1) is 24.6. The minimum atomic E-state index is -0.998. The van der Waals surface area contributed by atoms with Gasteiger partial charge in [-0.1, -0.05) is 11.6 Å². The SMILES string of the molecule is COc1cc(Cl)c(C)cc1NC(=O)[C@H](C)OC(=O)CCCNC(=O)OC(C)(C)C. The second-order valence-corrected chi connectivity index (χ2v) is 7.86. The van der Waals surface area contributed by atoms with Crippen molar-refractivity contribution in [3.8, 4) is 5.75 Å². The lowest BCUT2D eigenvalue weighted by Crippen LogP contribution is -2.33. The van der Waals surface area contributed by atoms with E-state index in [1.165, 1.54) is 14.0 Å². The lowest BCUT2D eigenvalue weighted by atomic mass is 10.2. The van der Waals surface area contributed by atoms with Crippen LogP contribution in [0, 0.1) is 6.92 Å². The number of benzene rings is 1. The van der Waals surface area contributed by atoms with E-state index < -0.39 is 29.7 Å². The molecule has 0 saturated heterocycles. The van der Waals surface area contributed by atoms with Gasteiger partial charge in [-0.15, -0.1) is 0 Å². The molecule has 8 nitrogen and oxygen atoms in total. The van der Waals surface area contributed by atoms with Gasteiger partial charge in [0.05, 0.1) is 12.8 Å². The van der Waals surface area contributed by atoms with Gasteiger partial charge in [0, 0.05) is 24.1 Å². The molecule has 1 atom stereocenters. The van der Waals surface area contributed by atoms with Crippen LogP contribution in [0.2, 0.25) is 5.02 Å². The summed E-state index contributed by atoms with van der Waals surface area (Å²) < 4.78 is 15.4. The molecule has 0 bridgehead atoms. The average molecular weight is 429 g/mol. The number of hydrogen-bond acceptors (Lipinski definition) is 6. The number of rotatable bonds is 8. The summed E-state index contributed by atoms with van der Waals surface area (Å²) >= 11 is 6.05. The molecule has 1 aromatic rings. The number of alkyl carbamates (subject to hydrolysis) is 1. The number of amides is 2.